The molecule has 0 saturated heterocycles. The molecule has 0 aromatic carbocycles. The first-order valence-electron chi connectivity index (χ1n) is 7.40. The zero-order chi connectivity index (χ0) is 17.9. The molecule has 1 unspecified atom stereocenters. The minimum atomic E-state index is -0.971. The molecule has 1 aromatic heterocycles. The molecule has 0 fully saturated rings. The van der Waals surface area contributed by atoms with Crippen molar-refractivity contribution in [2.75, 3.05) is 0 Å². The maximum atomic E-state index is 12.4. The van der Waals surface area contributed by atoms with Crippen LogP contribution in [0.2, 0.25) is 0 Å². The van der Waals surface area contributed by atoms with E-state index in [2.05, 4.69) is 0 Å². The highest BCUT2D eigenvalue weighted by molar-refractivity contribution is 5.91. The van der Waals surface area contributed by atoms with E-state index in [1.165, 1.54) is 24.7 Å². The fourth-order valence-electron chi connectivity index (χ4n) is 2.44. The van der Waals surface area contributed by atoms with Gasteiger partial charge in [-0.25, -0.2) is 4.79 Å². The maximum absolute atomic E-state index is 12.4. The van der Waals surface area contributed by atoms with E-state index < -0.39 is 17.0 Å². The van der Waals surface area contributed by atoms with E-state index in [-0.39, 0.29) is 29.4 Å². The number of nitrogens with zero attached hydrogens (tertiary/aromatic N) is 3. The lowest BCUT2D eigenvalue weighted by atomic mass is 10.2. The molecule has 0 radical (unpaired) electrons. The number of hydrogen-bond donors (Lipinski definition) is 0. The Kier molecular flexibility index (Phi) is 5.89. The fourth-order valence-corrected chi connectivity index (χ4v) is 2.44. The van der Waals surface area contributed by atoms with Gasteiger partial charge in [0.15, 0.2) is 6.10 Å². The summed E-state index contributed by atoms with van der Waals surface area (Å²) in [6, 6.07) is 1.07. The smallest absolute Gasteiger partial charge is 0.355 e. The number of aryl methyl sites for hydroxylation is 1. The topological polar surface area (TPSA) is 94.7 Å². The number of carbonyl (C=O) groups is 2. The molecule has 1 rings (SSSR count). The van der Waals surface area contributed by atoms with Crippen LogP contribution in [0.25, 0.3) is 0 Å². The summed E-state index contributed by atoms with van der Waals surface area (Å²) in [6.45, 7) is 9.02. The molecule has 0 bridgehead atoms. The van der Waals surface area contributed by atoms with Crippen molar-refractivity contribution >= 4 is 17.6 Å². The van der Waals surface area contributed by atoms with Crippen molar-refractivity contribution in [2.24, 2.45) is 7.05 Å². The summed E-state index contributed by atoms with van der Waals surface area (Å²) in [5.41, 5.74) is -0.179. The van der Waals surface area contributed by atoms with Crippen LogP contribution in [-0.4, -0.2) is 44.5 Å². The second-order valence-corrected chi connectivity index (χ2v) is 5.93. The Balaban J connectivity index is 2.88. The lowest BCUT2D eigenvalue weighted by Gasteiger charge is -2.32. The molecule has 128 valence electrons. The van der Waals surface area contributed by atoms with E-state index >= 15 is 0 Å². The molecule has 0 aliphatic heterocycles. The normalized spacial score (nSPS) is 12.3. The van der Waals surface area contributed by atoms with E-state index in [0.717, 1.165) is 6.07 Å². The lowest BCUT2D eigenvalue weighted by molar-refractivity contribution is -0.384. The minimum absolute atomic E-state index is 0.0250. The van der Waals surface area contributed by atoms with Crippen LogP contribution in [0.1, 0.15) is 45.1 Å². The second kappa shape index (κ2) is 7.26. The largest absolute Gasteiger partial charge is 0.448 e. The van der Waals surface area contributed by atoms with Gasteiger partial charge in [-0.15, -0.1) is 0 Å². The van der Waals surface area contributed by atoms with Gasteiger partial charge in [0.1, 0.15) is 5.69 Å². The molecular weight excluding hydrogens is 302 g/mol. The third-order valence-electron chi connectivity index (χ3n) is 3.41. The standard InChI is InChI=1S/C15H23N3O5/c1-9(2)17(10(3)4)14(19)11(5)23-15(20)13-7-12(18(21)22)8-16(13)6/h7-11H,1-6H3. The van der Waals surface area contributed by atoms with Gasteiger partial charge in [-0.2, -0.15) is 0 Å². The Hall–Kier alpha value is -2.38. The van der Waals surface area contributed by atoms with Crippen molar-refractivity contribution in [1.29, 1.82) is 0 Å². The van der Waals surface area contributed by atoms with Gasteiger partial charge in [0.05, 0.1) is 11.1 Å². The molecule has 0 N–H and O–H groups in total. The molecule has 1 atom stereocenters. The highest BCUT2D eigenvalue weighted by Gasteiger charge is 2.29. The molecule has 1 amide bonds. The summed E-state index contributed by atoms with van der Waals surface area (Å²) in [5, 5.41) is 10.7. The third-order valence-corrected chi connectivity index (χ3v) is 3.41. The molecule has 23 heavy (non-hydrogen) atoms. The molecule has 0 spiro atoms. The number of carbonyl (C=O) groups excluding carboxylic acids is 2. The zero-order valence-corrected chi connectivity index (χ0v) is 14.3. The summed E-state index contributed by atoms with van der Waals surface area (Å²) in [6.07, 6.45) is 0.249. The van der Waals surface area contributed by atoms with Gasteiger partial charge >= 0.3 is 5.97 Å². The first-order chi connectivity index (χ1) is 10.6. The number of esters is 1. The Bertz CT molecular complexity index is 598. The van der Waals surface area contributed by atoms with Gasteiger partial charge in [-0.3, -0.25) is 14.9 Å². The van der Waals surface area contributed by atoms with Gasteiger partial charge < -0.3 is 14.2 Å². The number of rotatable bonds is 6. The molecule has 8 heteroatoms. The number of amides is 1. The molecular formula is C15H23N3O5. The average molecular weight is 325 g/mol. The number of aromatic nitrogens is 1. The summed E-state index contributed by atoms with van der Waals surface area (Å²) < 4.78 is 6.49. The molecule has 1 heterocycles. The van der Waals surface area contributed by atoms with Crippen LogP contribution in [0, 0.1) is 10.1 Å². The van der Waals surface area contributed by atoms with E-state index in [1.54, 1.807) is 4.90 Å². The van der Waals surface area contributed by atoms with Gasteiger partial charge in [0.25, 0.3) is 11.6 Å². The monoisotopic (exact) mass is 325 g/mol. The van der Waals surface area contributed by atoms with Crippen molar-refractivity contribution in [3.63, 3.8) is 0 Å². The summed E-state index contributed by atoms with van der Waals surface area (Å²) in [5.74, 6) is -1.07. The van der Waals surface area contributed by atoms with Crippen LogP contribution in [0.4, 0.5) is 5.69 Å². The number of nitro groups is 1. The summed E-state index contributed by atoms with van der Waals surface area (Å²) >= 11 is 0. The Morgan fingerprint density at radius 2 is 1.74 bits per heavy atom. The predicted octanol–water partition coefficient (Wildman–Crippen LogP) is 2.12. The SMILES string of the molecule is CC(OC(=O)c1cc([N+](=O)[O-])cn1C)C(=O)N(C(C)C)C(C)C. The van der Waals surface area contributed by atoms with Crippen molar-refractivity contribution in [3.05, 3.63) is 28.1 Å². The van der Waals surface area contributed by atoms with Crippen LogP contribution in [0.3, 0.4) is 0 Å². The first kappa shape index (κ1) is 18.7. The van der Waals surface area contributed by atoms with E-state index in [9.17, 15) is 19.7 Å². The van der Waals surface area contributed by atoms with Crippen molar-refractivity contribution in [2.45, 2.75) is 52.8 Å². The van der Waals surface area contributed by atoms with Crippen molar-refractivity contribution in [1.82, 2.24) is 9.47 Å². The van der Waals surface area contributed by atoms with Gasteiger partial charge in [-0.05, 0) is 34.6 Å². The fraction of sp³-hybridized carbons (Fsp3) is 0.600. The molecule has 0 aliphatic carbocycles. The second-order valence-electron chi connectivity index (χ2n) is 5.93. The minimum Gasteiger partial charge on any atom is -0.448 e. The third kappa shape index (κ3) is 4.30. The highest BCUT2D eigenvalue weighted by atomic mass is 16.6. The Labute approximate surface area is 135 Å². The average Bonchev–Trinajstić information content (AvgIpc) is 2.80. The summed E-state index contributed by atoms with van der Waals surface area (Å²) in [7, 11) is 1.50. The molecule has 0 aliphatic rings. The zero-order valence-electron chi connectivity index (χ0n) is 14.3. The van der Waals surface area contributed by atoms with E-state index in [0.29, 0.717) is 0 Å². The Morgan fingerprint density at radius 1 is 1.22 bits per heavy atom. The maximum Gasteiger partial charge on any atom is 0.355 e. The van der Waals surface area contributed by atoms with Gasteiger partial charge in [-0.1, -0.05) is 0 Å². The quantitative estimate of drug-likeness (QED) is 0.453. The van der Waals surface area contributed by atoms with E-state index in [1.807, 2.05) is 27.7 Å². The van der Waals surface area contributed by atoms with Crippen LogP contribution in [0.5, 0.6) is 0 Å². The number of ether oxygens (including phenoxy) is 1. The molecule has 0 saturated carbocycles. The summed E-state index contributed by atoms with van der Waals surface area (Å²) in [4.78, 5) is 36.3. The van der Waals surface area contributed by atoms with Crippen LogP contribution in [-0.2, 0) is 16.6 Å². The lowest BCUT2D eigenvalue weighted by Crippen LogP contribution is -2.47. The van der Waals surface area contributed by atoms with Crippen molar-refractivity contribution < 1.29 is 19.2 Å². The van der Waals surface area contributed by atoms with Crippen LogP contribution < -0.4 is 0 Å². The highest BCUT2D eigenvalue weighted by Crippen LogP contribution is 2.17. The van der Waals surface area contributed by atoms with Crippen molar-refractivity contribution in [3.8, 4) is 0 Å². The molecule has 1 aromatic rings. The Morgan fingerprint density at radius 3 is 2.13 bits per heavy atom. The van der Waals surface area contributed by atoms with Crippen LogP contribution >= 0.6 is 0 Å². The predicted molar refractivity (Wildman–Crippen MR) is 84.1 cm³/mol. The molecule has 8 nitrogen and oxygen atoms in total. The number of hydrogen-bond acceptors (Lipinski definition) is 5. The van der Waals surface area contributed by atoms with E-state index in [4.69, 9.17) is 4.74 Å². The van der Waals surface area contributed by atoms with Gasteiger partial charge in [0, 0.05) is 25.2 Å². The van der Waals surface area contributed by atoms with Gasteiger partial charge in [0.2, 0.25) is 0 Å². The first-order valence-corrected chi connectivity index (χ1v) is 7.40. The van der Waals surface area contributed by atoms with Crippen LogP contribution in [0.15, 0.2) is 12.3 Å².